The lowest BCUT2D eigenvalue weighted by Gasteiger charge is -2.17. The third kappa shape index (κ3) is 2.22. The number of amides is 1. The molecular weight excluding hydrogens is 238 g/mol. The molecule has 4 heteroatoms. The van der Waals surface area contributed by atoms with Crippen molar-refractivity contribution in [2.45, 2.75) is 6.42 Å². The molecule has 1 aliphatic heterocycles. The number of rotatable bonds is 2. The maximum absolute atomic E-state index is 11.8. The summed E-state index contributed by atoms with van der Waals surface area (Å²) in [5.41, 5.74) is 0.772. The Morgan fingerprint density at radius 1 is 1.59 bits per heavy atom. The van der Waals surface area contributed by atoms with Crippen LogP contribution in [0.3, 0.4) is 0 Å². The number of halogens is 1. The minimum atomic E-state index is -0.0100. The summed E-state index contributed by atoms with van der Waals surface area (Å²) < 4.78 is 5.12. The first-order valence-corrected chi connectivity index (χ1v) is 5.63. The van der Waals surface area contributed by atoms with Gasteiger partial charge in [-0.15, -0.1) is 12.3 Å². The zero-order valence-corrected chi connectivity index (χ0v) is 10.2. The second-order valence-electron chi connectivity index (χ2n) is 3.89. The normalized spacial score (nSPS) is 19.2. The number of methoxy groups -OCH3 is 1. The molecule has 1 fully saturated rings. The van der Waals surface area contributed by atoms with E-state index in [1.165, 1.54) is 0 Å². The van der Waals surface area contributed by atoms with Gasteiger partial charge in [-0.2, -0.15) is 0 Å². The summed E-state index contributed by atoms with van der Waals surface area (Å²) in [7, 11) is 1.54. The van der Waals surface area contributed by atoms with Crippen molar-refractivity contribution in [2.24, 2.45) is 5.92 Å². The van der Waals surface area contributed by atoms with Crippen molar-refractivity contribution < 1.29 is 9.53 Å². The zero-order valence-electron chi connectivity index (χ0n) is 9.44. The van der Waals surface area contributed by atoms with Crippen LogP contribution in [0.4, 0.5) is 5.69 Å². The maximum atomic E-state index is 11.8. The largest absolute Gasteiger partial charge is 0.495 e. The first-order chi connectivity index (χ1) is 8.15. The number of carbonyl (C=O) groups is 1. The summed E-state index contributed by atoms with van der Waals surface area (Å²) in [5.74, 6) is 3.20. The van der Waals surface area contributed by atoms with Crippen LogP contribution in [0.2, 0.25) is 5.02 Å². The van der Waals surface area contributed by atoms with Gasteiger partial charge in [-0.25, -0.2) is 0 Å². The Morgan fingerprint density at radius 2 is 2.35 bits per heavy atom. The van der Waals surface area contributed by atoms with E-state index in [1.807, 2.05) is 0 Å². The molecule has 1 aromatic carbocycles. The summed E-state index contributed by atoms with van der Waals surface area (Å²) in [5, 5.41) is 0.524. The quantitative estimate of drug-likeness (QED) is 0.753. The van der Waals surface area contributed by atoms with Crippen molar-refractivity contribution in [3.63, 3.8) is 0 Å². The van der Waals surface area contributed by atoms with E-state index in [0.717, 1.165) is 5.69 Å². The Labute approximate surface area is 105 Å². The highest BCUT2D eigenvalue weighted by atomic mass is 35.5. The van der Waals surface area contributed by atoms with Crippen LogP contribution in [-0.2, 0) is 4.79 Å². The third-order valence-electron chi connectivity index (χ3n) is 2.81. The van der Waals surface area contributed by atoms with Crippen LogP contribution in [0.15, 0.2) is 18.2 Å². The predicted octanol–water partition coefficient (Wildman–Crippen LogP) is 2.33. The van der Waals surface area contributed by atoms with E-state index in [1.54, 1.807) is 30.2 Å². The topological polar surface area (TPSA) is 29.5 Å². The lowest BCUT2D eigenvalue weighted by Crippen LogP contribution is -2.24. The first-order valence-electron chi connectivity index (χ1n) is 5.25. The van der Waals surface area contributed by atoms with Gasteiger partial charge in [-0.05, 0) is 12.1 Å². The highest BCUT2D eigenvalue weighted by Crippen LogP contribution is 2.32. The molecule has 2 rings (SSSR count). The molecule has 0 aromatic heterocycles. The highest BCUT2D eigenvalue weighted by molar-refractivity contribution is 6.32. The molecule has 0 radical (unpaired) electrons. The van der Waals surface area contributed by atoms with E-state index >= 15 is 0 Å². The zero-order chi connectivity index (χ0) is 12.4. The molecule has 0 bridgehead atoms. The molecule has 1 saturated heterocycles. The summed E-state index contributed by atoms with van der Waals surface area (Å²) in [6.45, 7) is 0.556. The number of nitrogens with zero attached hydrogens (tertiary/aromatic N) is 1. The van der Waals surface area contributed by atoms with E-state index in [4.69, 9.17) is 22.8 Å². The molecule has 0 spiro atoms. The number of hydrogen-bond donors (Lipinski definition) is 0. The summed E-state index contributed by atoms with van der Waals surface area (Å²) in [6.07, 6.45) is 5.75. The van der Waals surface area contributed by atoms with E-state index in [9.17, 15) is 4.79 Å². The van der Waals surface area contributed by atoms with E-state index in [2.05, 4.69) is 5.92 Å². The highest BCUT2D eigenvalue weighted by Gasteiger charge is 2.29. The molecule has 88 valence electrons. The maximum Gasteiger partial charge on any atom is 0.228 e. The van der Waals surface area contributed by atoms with Crippen molar-refractivity contribution in [1.82, 2.24) is 0 Å². The number of ether oxygens (including phenoxy) is 1. The smallest absolute Gasteiger partial charge is 0.228 e. The fraction of sp³-hybridized carbons (Fsp3) is 0.308. The molecule has 1 aliphatic rings. The Kier molecular flexibility index (Phi) is 3.26. The van der Waals surface area contributed by atoms with Crippen LogP contribution < -0.4 is 9.64 Å². The average Bonchev–Trinajstić information content (AvgIpc) is 2.71. The number of carbonyl (C=O) groups excluding carboxylic acids is 1. The van der Waals surface area contributed by atoms with Crippen LogP contribution in [0.1, 0.15) is 6.42 Å². The van der Waals surface area contributed by atoms with E-state index < -0.39 is 0 Å². The second kappa shape index (κ2) is 4.68. The van der Waals surface area contributed by atoms with Gasteiger partial charge in [-0.3, -0.25) is 4.79 Å². The van der Waals surface area contributed by atoms with Gasteiger partial charge in [0.1, 0.15) is 5.75 Å². The van der Waals surface area contributed by atoms with Crippen LogP contribution in [0, 0.1) is 18.3 Å². The van der Waals surface area contributed by atoms with Crippen molar-refractivity contribution >= 4 is 23.2 Å². The number of benzene rings is 1. The molecule has 3 nitrogen and oxygen atoms in total. The number of anilines is 1. The van der Waals surface area contributed by atoms with Gasteiger partial charge >= 0.3 is 0 Å². The van der Waals surface area contributed by atoms with Crippen LogP contribution in [0.25, 0.3) is 0 Å². The van der Waals surface area contributed by atoms with Crippen molar-refractivity contribution in [2.75, 3.05) is 18.6 Å². The molecule has 0 N–H and O–H groups in total. The monoisotopic (exact) mass is 249 g/mol. The lowest BCUT2D eigenvalue weighted by atomic mass is 10.1. The number of terminal acetylenes is 1. The Morgan fingerprint density at radius 3 is 2.94 bits per heavy atom. The summed E-state index contributed by atoms with van der Waals surface area (Å²) in [4.78, 5) is 13.5. The summed E-state index contributed by atoms with van der Waals surface area (Å²) in [6, 6.07) is 5.26. The average molecular weight is 250 g/mol. The van der Waals surface area contributed by atoms with Crippen molar-refractivity contribution in [3.05, 3.63) is 23.2 Å². The van der Waals surface area contributed by atoms with Crippen molar-refractivity contribution in [3.8, 4) is 18.1 Å². The van der Waals surface area contributed by atoms with Gasteiger partial charge in [0.25, 0.3) is 0 Å². The van der Waals surface area contributed by atoms with E-state index in [0.29, 0.717) is 23.7 Å². The Hall–Kier alpha value is -1.66. The summed E-state index contributed by atoms with van der Waals surface area (Å²) >= 11 is 5.93. The minimum absolute atomic E-state index is 0.0100. The fourth-order valence-corrected chi connectivity index (χ4v) is 2.08. The van der Waals surface area contributed by atoms with Crippen LogP contribution in [0.5, 0.6) is 5.75 Å². The van der Waals surface area contributed by atoms with Gasteiger partial charge in [-0.1, -0.05) is 11.6 Å². The SMILES string of the molecule is C#CC1CC(=O)N(c2ccc(Cl)c(OC)c2)C1. The second-order valence-corrected chi connectivity index (χ2v) is 4.30. The lowest BCUT2D eigenvalue weighted by molar-refractivity contribution is -0.117. The van der Waals surface area contributed by atoms with Crippen LogP contribution >= 0.6 is 11.6 Å². The first kappa shape index (κ1) is 11.8. The standard InChI is InChI=1S/C13H12ClNO2/c1-3-9-6-13(16)15(8-9)10-4-5-11(14)12(7-10)17-2/h1,4-5,7,9H,6,8H2,2H3. The fourth-order valence-electron chi connectivity index (χ4n) is 1.89. The predicted molar refractivity (Wildman–Crippen MR) is 67.3 cm³/mol. The Bertz CT molecular complexity index is 493. The molecular formula is C13H12ClNO2. The number of hydrogen-bond acceptors (Lipinski definition) is 2. The van der Waals surface area contributed by atoms with Gasteiger partial charge in [0.05, 0.1) is 12.1 Å². The molecule has 1 unspecified atom stereocenters. The minimum Gasteiger partial charge on any atom is -0.495 e. The Balaban J connectivity index is 2.29. The third-order valence-corrected chi connectivity index (χ3v) is 3.12. The van der Waals surface area contributed by atoms with Gasteiger partial charge in [0, 0.05) is 30.6 Å². The van der Waals surface area contributed by atoms with Gasteiger partial charge < -0.3 is 9.64 Å². The molecule has 17 heavy (non-hydrogen) atoms. The van der Waals surface area contributed by atoms with E-state index in [-0.39, 0.29) is 11.8 Å². The molecule has 0 aliphatic carbocycles. The molecule has 1 atom stereocenters. The van der Waals surface area contributed by atoms with Gasteiger partial charge in [0.2, 0.25) is 5.91 Å². The molecule has 1 amide bonds. The van der Waals surface area contributed by atoms with Crippen molar-refractivity contribution in [1.29, 1.82) is 0 Å². The molecule has 1 aromatic rings. The molecule has 1 heterocycles. The van der Waals surface area contributed by atoms with Crippen LogP contribution in [-0.4, -0.2) is 19.6 Å². The molecule has 0 saturated carbocycles. The van der Waals surface area contributed by atoms with Gasteiger partial charge in [0.15, 0.2) is 0 Å².